The van der Waals surface area contributed by atoms with Gasteiger partial charge in [0.2, 0.25) is 0 Å². The number of hydrogen-bond acceptors (Lipinski definition) is 7. The number of primary amides is 1. The van der Waals surface area contributed by atoms with E-state index in [2.05, 4.69) is 20.2 Å². The van der Waals surface area contributed by atoms with Crippen LogP contribution in [0.1, 0.15) is 53.6 Å². The molecule has 3 N–H and O–H groups in total. The lowest BCUT2D eigenvalue weighted by atomic mass is 9.86. The number of nitrogens with two attached hydrogens (primary N) is 1. The number of aliphatic hydroxyl groups excluding tert-OH is 1. The van der Waals surface area contributed by atoms with Gasteiger partial charge in [-0.25, -0.2) is 9.07 Å². The fourth-order valence-corrected chi connectivity index (χ4v) is 4.44. The number of amides is 1. The maximum Gasteiger partial charge on any atom is 0.282 e. The van der Waals surface area contributed by atoms with Gasteiger partial charge in [-0.05, 0) is 35.2 Å². The molecule has 0 saturated heterocycles. The number of fused-ring (bicyclic) bond motifs is 1. The van der Waals surface area contributed by atoms with Crippen LogP contribution in [-0.4, -0.2) is 40.5 Å². The van der Waals surface area contributed by atoms with Crippen LogP contribution in [0.3, 0.4) is 0 Å². The number of benzene rings is 2. The first-order valence-corrected chi connectivity index (χ1v) is 12.2. The van der Waals surface area contributed by atoms with Crippen LogP contribution in [0, 0.1) is 5.82 Å². The van der Waals surface area contributed by atoms with E-state index < -0.39 is 23.9 Å². The fourth-order valence-electron chi connectivity index (χ4n) is 4.44. The first-order chi connectivity index (χ1) is 18.6. The zero-order valence-electron chi connectivity index (χ0n) is 21.6. The third-order valence-corrected chi connectivity index (χ3v) is 6.49. The number of halogens is 1. The average Bonchev–Trinajstić information content (AvgIpc) is 3.32. The monoisotopic (exact) mass is 527 g/mol. The molecule has 5 rings (SSSR count). The van der Waals surface area contributed by atoms with Gasteiger partial charge in [0, 0.05) is 42.2 Å². The van der Waals surface area contributed by atoms with E-state index in [-0.39, 0.29) is 28.5 Å². The van der Waals surface area contributed by atoms with Gasteiger partial charge in [0.1, 0.15) is 5.82 Å². The summed E-state index contributed by atoms with van der Waals surface area (Å²) in [5.74, 6) is -1.33. The van der Waals surface area contributed by atoms with Crippen LogP contribution in [0.2, 0.25) is 0 Å². The highest BCUT2D eigenvalue weighted by atomic mass is 19.1. The van der Waals surface area contributed by atoms with E-state index in [0.29, 0.717) is 28.0 Å². The topological polar surface area (TPSA) is 142 Å². The molecule has 0 atom stereocenters. The number of carbonyl (C=O) groups excluding carboxylic acids is 1. The summed E-state index contributed by atoms with van der Waals surface area (Å²) >= 11 is 0. The van der Waals surface area contributed by atoms with Crippen molar-refractivity contribution in [1.82, 2.24) is 29.5 Å². The predicted molar refractivity (Wildman–Crippen MR) is 142 cm³/mol. The number of aromatic nitrogens is 6. The quantitative estimate of drug-likeness (QED) is 0.346. The van der Waals surface area contributed by atoms with Crippen LogP contribution in [0.4, 0.5) is 4.39 Å². The normalized spacial score (nSPS) is 11.7. The first-order valence-electron chi connectivity index (χ1n) is 12.2. The van der Waals surface area contributed by atoms with Crippen molar-refractivity contribution in [2.45, 2.75) is 39.2 Å². The molecule has 0 fully saturated rings. The van der Waals surface area contributed by atoms with Crippen LogP contribution in [0.25, 0.3) is 22.1 Å². The molecule has 0 unspecified atom stereocenters. The van der Waals surface area contributed by atoms with E-state index in [0.717, 1.165) is 10.2 Å². The standard InChI is InChI=1S/C28H26FN7O3/c1-28(2,3)17-9-16-12-33-36(27(39)25(16)21(29)10-17)24-6-4-5-23(20(24)15-37)35-14-19(26(30)38)22(34-35)11-18-13-31-7-8-32-18/h4-10,12-14,37H,11,15H2,1-3H3,(H2,30,38). The Bertz CT molecular complexity index is 1770. The fraction of sp³-hybridized carbons (Fsp3) is 0.214. The Hall–Kier alpha value is -4.77. The Balaban J connectivity index is 1.65. The number of aliphatic hydroxyl groups is 1. The van der Waals surface area contributed by atoms with E-state index in [1.165, 1.54) is 35.5 Å². The molecule has 0 bridgehead atoms. The molecule has 3 aromatic heterocycles. The Morgan fingerprint density at radius 2 is 1.90 bits per heavy atom. The smallest absolute Gasteiger partial charge is 0.282 e. The Morgan fingerprint density at radius 1 is 1.13 bits per heavy atom. The largest absolute Gasteiger partial charge is 0.392 e. The molecule has 1 amide bonds. The lowest BCUT2D eigenvalue weighted by Crippen LogP contribution is -2.24. The zero-order valence-corrected chi connectivity index (χ0v) is 21.6. The molecular formula is C28H26FN7O3. The number of hydrogen-bond donors (Lipinski definition) is 2. The highest BCUT2D eigenvalue weighted by Gasteiger charge is 2.22. The number of rotatable bonds is 6. The van der Waals surface area contributed by atoms with Gasteiger partial charge in [0.15, 0.2) is 0 Å². The second-order valence-corrected chi connectivity index (χ2v) is 10.1. The molecule has 0 aliphatic heterocycles. The maximum absolute atomic E-state index is 15.2. The van der Waals surface area contributed by atoms with Crippen molar-refractivity contribution in [3.8, 4) is 11.4 Å². The molecule has 5 aromatic rings. The second-order valence-electron chi connectivity index (χ2n) is 10.1. The predicted octanol–water partition coefficient (Wildman–Crippen LogP) is 2.98. The minimum absolute atomic E-state index is 0.103. The summed E-state index contributed by atoms with van der Waals surface area (Å²) in [6.45, 7) is 5.38. The molecule has 2 aromatic carbocycles. The molecule has 3 heterocycles. The van der Waals surface area contributed by atoms with Gasteiger partial charge in [0.25, 0.3) is 11.5 Å². The maximum atomic E-state index is 15.2. The summed E-state index contributed by atoms with van der Waals surface area (Å²) in [4.78, 5) is 33.9. The van der Waals surface area contributed by atoms with Crippen LogP contribution in [0.15, 0.2) is 66.1 Å². The summed E-state index contributed by atoms with van der Waals surface area (Å²) < 4.78 is 17.7. The summed E-state index contributed by atoms with van der Waals surface area (Å²) in [7, 11) is 0. The molecule has 0 aliphatic rings. The first kappa shape index (κ1) is 25.9. The van der Waals surface area contributed by atoms with Gasteiger partial charge < -0.3 is 10.8 Å². The van der Waals surface area contributed by atoms with E-state index in [1.54, 1.807) is 30.5 Å². The third-order valence-electron chi connectivity index (χ3n) is 6.49. The van der Waals surface area contributed by atoms with Gasteiger partial charge in [-0.3, -0.25) is 19.6 Å². The van der Waals surface area contributed by atoms with Crippen molar-refractivity contribution in [1.29, 1.82) is 0 Å². The summed E-state index contributed by atoms with van der Waals surface area (Å²) in [6, 6.07) is 8.03. The van der Waals surface area contributed by atoms with Crippen molar-refractivity contribution in [2.24, 2.45) is 5.73 Å². The average molecular weight is 528 g/mol. The minimum atomic E-state index is -0.681. The zero-order chi connectivity index (χ0) is 27.9. The molecule has 0 radical (unpaired) electrons. The highest BCUT2D eigenvalue weighted by Crippen LogP contribution is 2.28. The van der Waals surface area contributed by atoms with Gasteiger partial charge in [0.05, 0.1) is 46.5 Å². The minimum Gasteiger partial charge on any atom is -0.392 e. The molecular weight excluding hydrogens is 501 g/mol. The molecule has 0 saturated carbocycles. The Kier molecular flexibility index (Phi) is 6.52. The van der Waals surface area contributed by atoms with E-state index in [1.807, 2.05) is 20.8 Å². The Morgan fingerprint density at radius 3 is 2.56 bits per heavy atom. The molecule has 198 valence electrons. The van der Waals surface area contributed by atoms with Crippen molar-refractivity contribution < 1.29 is 14.3 Å². The molecule has 0 spiro atoms. The summed E-state index contributed by atoms with van der Waals surface area (Å²) in [5.41, 5.74) is 7.42. The van der Waals surface area contributed by atoms with Gasteiger partial charge in [-0.15, -0.1) is 0 Å². The lowest BCUT2D eigenvalue weighted by Gasteiger charge is -2.20. The van der Waals surface area contributed by atoms with Crippen LogP contribution >= 0.6 is 0 Å². The van der Waals surface area contributed by atoms with Crippen LogP contribution in [-0.2, 0) is 18.4 Å². The van der Waals surface area contributed by atoms with Crippen molar-refractivity contribution in [3.63, 3.8) is 0 Å². The molecule has 11 heteroatoms. The van der Waals surface area contributed by atoms with E-state index >= 15 is 4.39 Å². The summed E-state index contributed by atoms with van der Waals surface area (Å²) in [6.07, 6.45) is 7.72. The van der Waals surface area contributed by atoms with Crippen molar-refractivity contribution in [2.75, 3.05) is 0 Å². The summed E-state index contributed by atoms with van der Waals surface area (Å²) in [5, 5.41) is 19.5. The van der Waals surface area contributed by atoms with Gasteiger partial charge >= 0.3 is 0 Å². The highest BCUT2D eigenvalue weighted by molar-refractivity contribution is 5.94. The molecule has 39 heavy (non-hydrogen) atoms. The van der Waals surface area contributed by atoms with E-state index in [4.69, 9.17) is 5.73 Å². The van der Waals surface area contributed by atoms with Gasteiger partial charge in [-0.2, -0.15) is 14.9 Å². The SMILES string of the molecule is CC(C)(C)c1cc(F)c2c(=O)n(-c3cccc(-n4cc(C(N)=O)c(Cc5cnccn5)n4)c3CO)ncc2c1. The third kappa shape index (κ3) is 4.79. The van der Waals surface area contributed by atoms with Crippen molar-refractivity contribution >= 4 is 16.7 Å². The van der Waals surface area contributed by atoms with Gasteiger partial charge in [-0.1, -0.05) is 26.8 Å². The molecule has 10 nitrogen and oxygen atoms in total. The van der Waals surface area contributed by atoms with E-state index in [9.17, 15) is 14.7 Å². The second kappa shape index (κ2) is 9.84. The molecule has 0 aliphatic carbocycles. The van der Waals surface area contributed by atoms with Crippen LogP contribution in [0.5, 0.6) is 0 Å². The number of nitrogens with zero attached hydrogens (tertiary/aromatic N) is 6. The lowest BCUT2D eigenvalue weighted by molar-refractivity contribution is 0.0999. The number of carbonyl (C=O) groups is 1. The van der Waals surface area contributed by atoms with Crippen molar-refractivity contribution in [3.05, 3.63) is 106 Å². The Labute approximate surface area is 222 Å². The van der Waals surface area contributed by atoms with Crippen LogP contribution < -0.4 is 11.3 Å².